The van der Waals surface area contributed by atoms with Crippen LogP contribution >= 0.6 is 23.2 Å². The van der Waals surface area contributed by atoms with Gasteiger partial charge < -0.3 is 10.6 Å². The van der Waals surface area contributed by atoms with E-state index in [4.69, 9.17) is 23.2 Å². The monoisotopic (exact) mass is 448 g/mol. The highest BCUT2D eigenvalue weighted by Crippen LogP contribution is 2.28. The summed E-state index contributed by atoms with van der Waals surface area (Å²) in [4.78, 5) is 29.5. The van der Waals surface area contributed by atoms with Crippen LogP contribution in [0.15, 0.2) is 42.6 Å². The Balaban J connectivity index is 1.34. The van der Waals surface area contributed by atoms with Gasteiger partial charge in [0.05, 0.1) is 10.7 Å². The second-order valence-corrected chi connectivity index (χ2v) is 8.08. The molecule has 3 aromatic rings. The van der Waals surface area contributed by atoms with E-state index in [0.717, 1.165) is 6.07 Å². The zero-order valence-corrected chi connectivity index (χ0v) is 17.4. The number of pyridine rings is 1. The van der Waals surface area contributed by atoms with Crippen molar-refractivity contribution in [1.29, 1.82) is 0 Å². The maximum atomic E-state index is 13.2. The summed E-state index contributed by atoms with van der Waals surface area (Å²) in [6.45, 7) is 0. The van der Waals surface area contributed by atoms with Crippen molar-refractivity contribution in [3.05, 3.63) is 64.3 Å². The Kier molecular flexibility index (Phi) is 5.92. The van der Waals surface area contributed by atoms with Gasteiger partial charge in [0, 0.05) is 18.2 Å². The highest BCUT2D eigenvalue weighted by Gasteiger charge is 2.29. The van der Waals surface area contributed by atoms with Gasteiger partial charge in [-0.05, 0) is 56.0 Å². The van der Waals surface area contributed by atoms with E-state index in [9.17, 15) is 14.0 Å². The minimum absolute atomic E-state index is 0.0544. The Morgan fingerprint density at radius 1 is 1.10 bits per heavy atom. The van der Waals surface area contributed by atoms with Crippen molar-refractivity contribution in [2.75, 3.05) is 5.32 Å². The average molecular weight is 449 g/mol. The summed E-state index contributed by atoms with van der Waals surface area (Å²) in [7, 11) is 0. The van der Waals surface area contributed by atoms with Crippen LogP contribution in [0.4, 0.5) is 10.1 Å². The van der Waals surface area contributed by atoms with Crippen molar-refractivity contribution in [3.8, 4) is 0 Å². The van der Waals surface area contributed by atoms with Crippen molar-refractivity contribution < 1.29 is 14.0 Å². The molecule has 0 aliphatic heterocycles. The zero-order chi connectivity index (χ0) is 21.3. The summed E-state index contributed by atoms with van der Waals surface area (Å²) in [5.74, 6) is -1.10. The topological polar surface area (TPSA) is 75.5 Å². The molecule has 6 nitrogen and oxygen atoms in total. The van der Waals surface area contributed by atoms with Crippen LogP contribution in [0.3, 0.4) is 0 Å². The molecule has 1 aromatic carbocycles. The van der Waals surface area contributed by atoms with Crippen molar-refractivity contribution >= 4 is 46.4 Å². The smallest absolute Gasteiger partial charge is 0.271 e. The van der Waals surface area contributed by atoms with Gasteiger partial charge in [-0.15, -0.1) is 0 Å². The van der Waals surface area contributed by atoms with Gasteiger partial charge >= 0.3 is 0 Å². The van der Waals surface area contributed by atoms with Crippen LogP contribution in [0.1, 0.15) is 36.2 Å². The van der Waals surface area contributed by atoms with E-state index in [2.05, 4.69) is 15.6 Å². The Labute approximate surface area is 182 Å². The highest BCUT2D eigenvalue weighted by atomic mass is 35.5. The molecule has 2 heterocycles. The van der Waals surface area contributed by atoms with E-state index in [-0.39, 0.29) is 33.9 Å². The third kappa shape index (κ3) is 4.27. The number of hydrogen-bond acceptors (Lipinski definition) is 3. The van der Waals surface area contributed by atoms with Crippen LogP contribution < -0.4 is 10.6 Å². The molecular weight excluding hydrogens is 430 g/mol. The fourth-order valence-corrected chi connectivity index (χ4v) is 4.23. The summed E-state index contributed by atoms with van der Waals surface area (Å²) >= 11 is 12.1. The molecule has 4 rings (SSSR count). The van der Waals surface area contributed by atoms with Crippen molar-refractivity contribution in [2.45, 2.75) is 31.7 Å². The first kappa shape index (κ1) is 20.6. The molecule has 156 valence electrons. The van der Waals surface area contributed by atoms with Crippen LogP contribution in [-0.2, 0) is 4.79 Å². The summed E-state index contributed by atoms with van der Waals surface area (Å²) in [6, 6.07) is 9.21. The predicted molar refractivity (Wildman–Crippen MR) is 113 cm³/mol. The number of nitrogens with zero attached hydrogens (tertiary/aromatic N) is 2. The number of carbonyl (C=O) groups excluding carboxylic acids is 2. The molecule has 0 unspecified atom stereocenters. The maximum absolute atomic E-state index is 13.2. The van der Waals surface area contributed by atoms with Gasteiger partial charge in [-0.1, -0.05) is 29.3 Å². The van der Waals surface area contributed by atoms with Crippen molar-refractivity contribution in [3.63, 3.8) is 0 Å². The standard InChI is InChI=1S/C21H19Cl2FN4O2/c22-15-11-13(24)6-9-16(15)26-20(29)12-4-7-14(8-5-12)25-21(30)18-19(23)27-17-3-1-2-10-28(17)18/h1-3,6,9-12,14H,4-5,7-8H2,(H,25,30)(H,26,29)/t12-,14-. The first-order chi connectivity index (χ1) is 14.4. The molecule has 2 amide bonds. The normalized spacial score (nSPS) is 18.9. The van der Waals surface area contributed by atoms with E-state index in [1.807, 2.05) is 6.07 Å². The molecular formula is C21H19Cl2FN4O2. The number of carbonyl (C=O) groups is 2. The van der Waals surface area contributed by atoms with Gasteiger partial charge in [0.2, 0.25) is 5.91 Å². The van der Waals surface area contributed by atoms with Crippen molar-refractivity contribution in [1.82, 2.24) is 14.7 Å². The largest absolute Gasteiger partial charge is 0.348 e. The molecule has 1 fully saturated rings. The zero-order valence-electron chi connectivity index (χ0n) is 15.9. The third-order valence-corrected chi connectivity index (χ3v) is 5.90. The SMILES string of the molecule is O=C(N[C@H]1CC[C@H](C(=O)Nc2ccc(F)cc2Cl)CC1)c1c(Cl)nc2ccccn12. The van der Waals surface area contributed by atoms with Crippen LogP contribution in [0, 0.1) is 11.7 Å². The predicted octanol–water partition coefficient (Wildman–Crippen LogP) is 4.71. The summed E-state index contributed by atoms with van der Waals surface area (Å²) in [5, 5.41) is 6.08. The molecule has 9 heteroatoms. The third-order valence-electron chi connectivity index (χ3n) is 5.32. The van der Waals surface area contributed by atoms with E-state index in [1.54, 1.807) is 22.7 Å². The first-order valence-corrected chi connectivity index (χ1v) is 10.4. The molecule has 0 radical (unpaired) electrons. The fraction of sp³-hybridized carbons (Fsp3) is 0.286. The number of nitrogens with one attached hydrogen (secondary N) is 2. The first-order valence-electron chi connectivity index (χ1n) is 9.61. The number of imidazole rings is 1. The number of amides is 2. The Hall–Kier alpha value is -2.64. The van der Waals surface area contributed by atoms with Gasteiger partial charge in [0.1, 0.15) is 11.5 Å². The van der Waals surface area contributed by atoms with Crippen LogP contribution in [0.5, 0.6) is 0 Å². The lowest BCUT2D eigenvalue weighted by atomic mass is 9.85. The summed E-state index contributed by atoms with van der Waals surface area (Å²) in [6.07, 6.45) is 4.31. The van der Waals surface area contributed by atoms with E-state index in [0.29, 0.717) is 42.7 Å². The number of benzene rings is 1. The number of halogens is 3. The molecule has 1 saturated carbocycles. The lowest BCUT2D eigenvalue weighted by Gasteiger charge is -2.28. The number of aromatic nitrogens is 2. The van der Waals surface area contributed by atoms with Gasteiger partial charge in [-0.3, -0.25) is 14.0 Å². The van der Waals surface area contributed by atoms with Crippen LogP contribution in [0.25, 0.3) is 5.65 Å². The number of rotatable bonds is 4. The summed E-state index contributed by atoms with van der Waals surface area (Å²) < 4.78 is 14.8. The number of hydrogen-bond donors (Lipinski definition) is 2. The number of fused-ring (bicyclic) bond motifs is 1. The average Bonchev–Trinajstić information content (AvgIpc) is 3.06. The van der Waals surface area contributed by atoms with Crippen LogP contribution in [0.2, 0.25) is 10.2 Å². The van der Waals surface area contributed by atoms with Crippen molar-refractivity contribution in [2.24, 2.45) is 5.92 Å². The van der Waals surface area contributed by atoms with E-state index >= 15 is 0 Å². The lowest BCUT2D eigenvalue weighted by Crippen LogP contribution is -2.40. The number of anilines is 1. The molecule has 1 aliphatic carbocycles. The van der Waals surface area contributed by atoms with E-state index in [1.165, 1.54) is 12.1 Å². The molecule has 2 aromatic heterocycles. The minimum Gasteiger partial charge on any atom is -0.348 e. The maximum Gasteiger partial charge on any atom is 0.271 e. The van der Waals surface area contributed by atoms with E-state index < -0.39 is 5.82 Å². The quantitative estimate of drug-likeness (QED) is 0.606. The molecule has 30 heavy (non-hydrogen) atoms. The lowest BCUT2D eigenvalue weighted by molar-refractivity contribution is -0.120. The minimum atomic E-state index is -0.458. The van der Waals surface area contributed by atoms with Gasteiger partial charge in [-0.25, -0.2) is 9.37 Å². The Morgan fingerprint density at radius 2 is 1.87 bits per heavy atom. The molecule has 0 atom stereocenters. The molecule has 2 N–H and O–H groups in total. The fourth-order valence-electron chi connectivity index (χ4n) is 3.75. The molecule has 1 aliphatic rings. The Morgan fingerprint density at radius 3 is 2.60 bits per heavy atom. The Bertz CT molecular complexity index is 1110. The molecule has 0 spiro atoms. The highest BCUT2D eigenvalue weighted by molar-refractivity contribution is 6.33. The molecule has 0 saturated heterocycles. The molecule has 0 bridgehead atoms. The summed E-state index contributed by atoms with van der Waals surface area (Å²) in [5.41, 5.74) is 1.30. The second-order valence-electron chi connectivity index (χ2n) is 7.32. The van der Waals surface area contributed by atoms with Crippen LogP contribution in [-0.4, -0.2) is 27.2 Å². The second kappa shape index (κ2) is 8.62. The van der Waals surface area contributed by atoms with Gasteiger partial charge in [-0.2, -0.15) is 0 Å². The van der Waals surface area contributed by atoms with Gasteiger partial charge in [0.15, 0.2) is 10.8 Å². The van der Waals surface area contributed by atoms with Gasteiger partial charge in [0.25, 0.3) is 5.91 Å².